The molecule has 0 aromatic rings. The van der Waals surface area contributed by atoms with E-state index in [1.807, 2.05) is 0 Å². The number of ether oxygens (including phenoxy) is 4. The molecule has 4 aliphatic carbocycles. The highest BCUT2D eigenvalue weighted by Gasteiger charge is 2.60. The molecule has 4 nitrogen and oxygen atoms in total. The molecule has 5 heteroatoms. The summed E-state index contributed by atoms with van der Waals surface area (Å²) in [6.45, 7) is 4.27. The first kappa shape index (κ1) is 25.9. The van der Waals surface area contributed by atoms with Gasteiger partial charge in [-0.25, -0.2) is 0 Å². The summed E-state index contributed by atoms with van der Waals surface area (Å²) in [5, 5.41) is 0. The van der Waals surface area contributed by atoms with Gasteiger partial charge in [0.15, 0.2) is 12.6 Å². The van der Waals surface area contributed by atoms with Crippen molar-refractivity contribution in [1.82, 2.24) is 0 Å². The molecule has 5 unspecified atom stereocenters. The fourth-order valence-electron chi connectivity index (χ4n) is 9.39. The highest BCUT2D eigenvalue weighted by Crippen LogP contribution is 2.66. The van der Waals surface area contributed by atoms with Gasteiger partial charge in [0.2, 0.25) is 0 Å². The third kappa shape index (κ3) is 4.76. The second-order valence-corrected chi connectivity index (χ2v) is 13.2. The Morgan fingerprint density at radius 2 is 1.69 bits per heavy atom. The van der Waals surface area contributed by atoms with Crippen molar-refractivity contribution in [1.29, 1.82) is 0 Å². The van der Waals surface area contributed by atoms with Crippen LogP contribution in [0.15, 0.2) is 23.3 Å². The van der Waals surface area contributed by atoms with Crippen LogP contribution in [0.5, 0.6) is 0 Å². The maximum atomic E-state index is 6.69. The third-order valence-electron chi connectivity index (χ3n) is 11.2. The largest absolute Gasteiger partial charge is 0.353 e. The van der Waals surface area contributed by atoms with Gasteiger partial charge in [-0.15, -0.1) is 0 Å². The minimum absolute atomic E-state index is 0.00915. The minimum atomic E-state index is 0.00915. The zero-order valence-electron chi connectivity index (χ0n) is 22.3. The van der Waals surface area contributed by atoms with E-state index in [0.717, 1.165) is 63.1 Å². The number of rotatable bonds is 6. The van der Waals surface area contributed by atoms with Crippen LogP contribution in [-0.2, 0) is 18.9 Å². The van der Waals surface area contributed by atoms with E-state index >= 15 is 0 Å². The maximum absolute atomic E-state index is 6.69. The van der Waals surface area contributed by atoms with Crippen molar-refractivity contribution in [2.24, 2.45) is 28.6 Å². The van der Waals surface area contributed by atoms with Gasteiger partial charge in [-0.1, -0.05) is 36.2 Å². The van der Waals surface area contributed by atoms with E-state index in [1.165, 1.54) is 64.2 Å². The lowest BCUT2D eigenvalue weighted by atomic mass is 9.46. The third-order valence-corrected chi connectivity index (χ3v) is 11.4. The van der Waals surface area contributed by atoms with E-state index in [4.69, 9.17) is 30.5 Å². The Labute approximate surface area is 223 Å². The Hall–Kier alpha value is -0.390. The zero-order valence-corrected chi connectivity index (χ0v) is 23.1. The lowest BCUT2D eigenvalue weighted by Crippen LogP contribution is -2.53. The van der Waals surface area contributed by atoms with Crippen molar-refractivity contribution in [3.63, 3.8) is 0 Å². The van der Waals surface area contributed by atoms with Gasteiger partial charge in [-0.2, -0.15) is 0 Å². The van der Waals surface area contributed by atoms with E-state index < -0.39 is 0 Å². The van der Waals surface area contributed by atoms with Crippen molar-refractivity contribution in [3.8, 4) is 0 Å². The van der Waals surface area contributed by atoms with E-state index in [-0.39, 0.29) is 23.4 Å². The van der Waals surface area contributed by atoms with Crippen LogP contribution >= 0.6 is 11.6 Å². The Morgan fingerprint density at radius 3 is 2.42 bits per heavy atom. The van der Waals surface area contributed by atoms with Gasteiger partial charge in [0.05, 0.1) is 12.2 Å². The molecule has 0 aromatic carbocycles. The number of fused-ring (bicyclic) bond motifs is 5. The quantitative estimate of drug-likeness (QED) is 0.335. The summed E-state index contributed by atoms with van der Waals surface area (Å²) in [5.74, 6) is 2.26. The number of halogens is 1. The lowest BCUT2D eigenvalue weighted by Gasteiger charge is -2.59. The van der Waals surface area contributed by atoms with Crippen molar-refractivity contribution >= 4 is 11.6 Å². The second-order valence-electron chi connectivity index (χ2n) is 12.9. The molecule has 3 saturated carbocycles. The molecule has 9 atom stereocenters. The molecule has 0 N–H and O–H groups in total. The van der Waals surface area contributed by atoms with E-state index in [0.29, 0.717) is 12.2 Å². The van der Waals surface area contributed by atoms with E-state index in [1.54, 1.807) is 11.1 Å². The molecule has 2 heterocycles. The molecular weight excluding hydrogens is 472 g/mol. The molecule has 0 spiro atoms. The first-order valence-electron chi connectivity index (χ1n) is 15.1. The first-order valence-corrected chi connectivity index (χ1v) is 15.5. The fourth-order valence-corrected chi connectivity index (χ4v) is 9.48. The van der Waals surface area contributed by atoms with Crippen LogP contribution < -0.4 is 0 Å². The molecule has 0 radical (unpaired) electrons. The Morgan fingerprint density at radius 1 is 0.917 bits per heavy atom. The van der Waals surface area contributed by atoms with Gasteiger partial charge in [0, 0.05) is 18.7 Å². The Balaban J connectivity index is 1.19. The molecular formula is C31H47ClO4. The monoisotopic (exact) mass is 518 g/mol. The summed E-state index contributed by atoms with van der Waals surface area (Å²) in [6, 6.07) is 0. The highest BCUT2D eigenvalue weighted by atomic mass is 35.5. The van der Waals surface area contributed by atoms with Crippen LogP contribution in [0.1, 0.15) is 103 Å². The smallest absolute Gasteiger partial charge is 0.157 e. The summed E-state index contributed by atoms with van der Waals surface area (Å²) in [5.41, 5.74) is 3.96. The molecule has 0 aromatic heterocycles. The summed E-state index contributed by atoms with van der Waals surface area (Å²) in [6.07, 6.45) is 23.4. The Kier molecular flexibility index (Phi) is 7.91. The summed E-state index contributed by atoms with van der Waals surface area (Å²) in [4.78, 5) is 0. The van der Waals surface area contributed by atoms with E-state index in [2.05, 4.69) is 19.1 Å². The molecule has 36 heavy (non-hydrogen) atoms. The highest BCUT2D eigenvalue weighted by molar-refractivity contribution is 6.25. The van der Waals surface area contributed by atoms with Gasteiger partial charge in [-0.3, -0.25) is 0 Å². The number of hydrogen-bond acceptors (Lipinski definition) is 4. The van der Waals surface area contributed by atoms with Gasteiger partial charge in [0.25, 0.3) is 0 Å². The van der Waals surface area contributed by atoms with Gasteiger partial charge in [-0.05, 0) is 125 Å². The summed E-state index contributed by atoms with van der Waals surface area (Å²) < 4.78 is 25.1. The van der Waals surface area contributed by atoms with Crippen LogP contribution in [0.25, 0.3) is 0 Å². The SMILES string of the molecule is C[C@]12CCC3C(CC=C4C[C@@H](OC5CCCCO5)CC[C@@]43CC=CCl)C1CC[C@@H]2OC1CCCCO1. The van der Waals surface area contributed by atoms with Crippen LogP contribution in [0, 0.1) is 28.6 Å². The standard InChI is InChI=1S/C31H47ClO4/c1-30-16-14-26-24(25(30)11-12-27(30)36-29-8-3-5-20-34-29)10-9-22-21-23(35-28-7-2-4-19-33-28)13-17-31(22,26)15-6-18-32/h6,9,18,23-29H,2-5,7-8,10-17,19-21H2,1H3/t23-,24?,25?,26?,27-,28?,29?,30-,31-/m0/s1. The normalized spacial score (nSPS) is 47.2. The summed E-state index contributed by atoms with van der Waals surface area (Å²) in [7, 11) is 0. The predicted molar refractivity (Wildman–Crippen MR) is 143 cm³/mol. The second kappa shape index (κ2) is 11.0. The topological polar surface area (TPSA) is 36.9 Å². The lowest BCUT2D eigenvalue weighted by molar-refractivity contribution is -0.216. The van der Waals surface area contributed by atoms with Crippen LogP contribution in [0.4, 0.5) is 0 Å². The van der Waals surface area contributed by atoms with Crippen molar-refractivity contribution in [2.45, 2.75) is 128 Å². The average molecular weight is 519 g/mol. The number of hydrogen-bond donors (Lipinski definition) is 0. The molecule has 6 rings (SSSR count). The summed E-state index contributed by atoms with van der Waals surface area (Å²) >= 11 is 6.13. The predicted octanol–water partition coefficient (Wildman–Crippen LogP) is 7.90. The van der Waals surface area contributed by atoms with Crippen molar-refractivity contribution in [2.75, 3.05) is 13.2 Å². The molecule has 202 valence electrons. The van der Waals surface area contributed by atoms with Gasteiger partial charge >= 0.3 is 0 Å². The number of allylic oxidation sites excluding steroid dienone is 2. The van der Waals surface area contributed by atoms with E-state index in [9.17, 15) is 0 Å². The molecule has 0 amide bonds. The van der Waals surface area contributed by atoms with Crippen LogP contribution in [-0.4, -0.2) is 38.0 Å². The van der Waals surface area contributed by atoms with Gasteiger partial charge in [0.1, 0.15) is 0 Å². The van der Waals surface area contributed by atoms with Crippen molar-refractivity contribution < 1.29 is 18.9 Å². The van der Waals surface area contributed by atoms with Crippen molar-refractivity contribution in [3.05, 3.63) is 23.3 Å². The molecule has 2 aliphatic heterocycles. The van der Waals surface area contributed by atoms with Crippen LogP contribution in [0.3, 0.4) is 0 Å². The minimum Gasteiger partial charge on any atom is -0.353 e. The molecule has 5 fully saturated rings. The van der Waals surface area contributed by atoms with Gasteiger partial charge < -0.3 is 18.9 Å². The molecule has 6 aliphatic rings. The van der Waals surface area contributed by atoms with Crippen LogP contribution in [0.2, 0.25) is 0 Å². The molecule has 2 saturated heterocycles. The average Bonchev–Trinajstić information content (AvgIpc) is 3.24. The first-order chi connectivity index (χ1) is 17.6. The fraction of sp³-hybridized carbons (Fsp3) is 0.871. The zero-order chi connectivity index (χ0) is 24.6. The molecule has 0 bridgehead atoms. The Bertz CT molecular complexity index is 815. The maximum Gasteiger partial charge on any atom is 0.157 e.